The van der Waals surface area contributed by atoms with E-state index in [1.165, 1.54) is 5.56 Å². The maximum atomic E-state index is 5.54. The highest BCUT2D eigenvalue weighted by Crippen LogP contribution is 2.26. The summed E-state index contributed by atoms with van der Waals surface area (Å²) in [5.41, 5.74) is 3.29. The minimum atomic E-state index is 0.0848. The summed E-state index contributed by atoms with van der Waals surface area (Å²) in [6.07, 6.45) is 5.67. The molecular weight excluding hydrogens is 252 g/mol. The number of pyridine rings is 1. The molecule has 2 rings (SSSR count). The zero-order valence-corrected chi connectivity index (χ0v) is 12.6. The van der Waals surface area contributed by atoms with E-state index < -0.39 is 0 Å². The number of aryl methyl sites for hydroxylation is 2. The highest BCUT2D eigenvalue weighted by Gasteiger charge is 2.18. The van der Waals surface area contributed by atoms with Crippen LogP contribution in [-0.2, 0) is 7.05 Å². The maximum absolute atomic E-state index is 5.54. The van der Waals surface area contributed by atoms with Gasteiger partial charge < -0.3 is 10.1 Å². The molecule has 108 valence electrons. The molecule has 5 nitrogen and oxygen atoms in total. The Balaban J connectivity index is 2.37. The van der Waals surface area contributed by atoms with E-state index in [0.717, 1.165) is 23.6 Å². The smallest absolute Gasteiger partial charge is 0.137 e. The molecule has 0 fully saturated rings. The lowest BCUT2D eigenvalue weighted by atomic mass is 10.0. The molecule has 0 amide bonds. The predicted molar refractivity (Wildman–Crippen MR) is 78.9 cm³/mol. The molecule has 0 saturated carbocycles. The quantitative estimate of drug-likeness (QED) is 0.877. The van der Waals surface area contributed by atoms with Gasteiger partial charge in [-0.15, -0.1) is 0 Å². The van der Waals surface area contributed by atoms with Gasteiger partial charge >= 0.3 is 0 Å². The first-order valence-corrected chi connectivity index (χ1v) is 6.97. The van der Waals surface area contributed by atoms with Gasteiger partial charge in [0.2, 0.25) is 0 Å². The number of nitrogens with one attached hydrogen (secondary N) is 1. The molecule has 1 N–H and O–H groups in total. The van der Waals surface area contributed by atoms with E-state index in [2.05, 4.69) is 28.5 Å². The van der Waals surface area contributed by atoms with Crippen LogP contribution in [0.15, 0.2) is 24.7 Å². The molecule has 0 radical (unpaired) electrons. The zero-order chi connectivity index (χ0) is 14.5. The van der Waals surface area contributed by atoms with Crippen LogP contribution in [0.25, 0.3) is 0 Å². The van der Waals surface area contributed by atoms with Crippen molar-refractivity contribution in [3.63, 3.8) is 0 Å². The molecule has 0 bridgehead atoms. The summed E-state index contributed by atoms with van der Waals surface area (Å²) in [6.45, 7) is 7.61. The Morgan fingerprint density at radius 3 is 2.75 bits per heavy atom. The van der Waals surface area contributed by atoms with Gasteiger partial charge in [-0.05, 0) is 32.0 Å². The van der Waals surface area contributed by atoms with Gasteiger partial charge in [0, 0.05) is 25.0 Å². The van der Waals surface area contributed by atoms with Crippen molar-refractivity contribution in [2.24, 2.45) is 7.05 Å². The predicted octanol–water partition coefficient (Wildman–Crippen LogP) is 2.22. The van der Waals surface area contributed by atoms with Crippen molar-refractivity contribution < 1.29 is 4.74 Å². The lowest BCUT2D eigenvalue weighted by Crippen LogP contribution is -2.22. The first kappa shape index (κ1) is 14.5. The average molecular weight is 274 g/mol. The van der Waals surface area contributed by atoms with Crippen LogP contribution in [-0.4, -0.2) is 27.9 Å². The molecule has 0 aliphatic carbocycles. The molecule has 0 aromatic carbocycles. The molecule has 5 heteroatoms. The zero-order valence-electron chi connectivity index (χ0n) is 12.6. The van der Waals surface area contributed by atoms with Crippen LogP contribution in [0.3, 0.4) is 0 Å². The fourth-order valence-electron chi connectivity index (χ4n) is 2.35. The summed E-state index contributed by atoms with van der Waals surface area (Å²) in [6, 6.07) is 2.12. The third kappa shape index (κ3) is 3.17. The Morgan fingerprint density at radius 1 is 1.35 bits per heavy atom. The van der Waals surface area contributed by atoms with Crippen LogP contribution < -0.4 is 10.1 Å². The second-order valence-electron chi connectivity index (χ2n) is 4.72. The van der Waals surface area contributed by atoms with Gasteiger partial charge in [-0.3, -0.25) is 9.67 Å². The van der Waals surface area contributed by atoms with Crippen molar-refractivity contribution in [3.8, 4) is 5.75 Å². The molecule has 0 aliphatic rings. The standard InChI is InChI=1S/C15H22N4O/c1-5-17-15(14-10-19(4)18-11(14)3)12-7-13(20-6-2)9-16-8-12/h7-10,15,17H,5-6H2,1-4H3. The Bertz CT molecular complexity index is 565. The van der Waals surface area contributed by atoms with Crippen molar-refractivity contribution in [2.75, 3.05) is 13.2 Å². The number of hydrogen-bond acceptors (Lipinski definition) is 4. The summed E-state index contributed by atoms with van der Waals surface area (Å²) in [7, 11) is 1.94. The monoisotopic (exact) mass is 274 g/mol. The molecule has 1 unspecified atom stereocenters. The molecule has 20 heavy (non-hydrogen) atoms. The number of ether oxygens (including phenoxy) is 1. The minimum Gasteiger partial charge on any atom is -0.492 e. The van der Waals surface area contributed by atoms with E-state index in [1.54, 1.807) is 6.20 Å². The molecule has 1 atom stereocenters. The van der Waals surface area contributed by atoms with Crippen LogP contribution in [0, 0.1) is 6.92 Å². The van der Waals surface area contributed by atoms with Crippen molar-refractivity contribution in [1.29, 1.82) is 0 Å². The molecule has 0 saturated heterocycles. The van der Waals surface area contributed by atoms with Crippen LogP contribution in [0.1, 0.15) is 36.7 Å². The molecule has 0 spiro atoms. The average Bonchev–Trinajstić information content (AvgIpc) is 2.75. The SMILES string of the molecule is CCNC(c1cncc(OCC)c1)c1cn(C)nc1C. The van der Waals surface area contributed by atoms with Crippen molar-refractivity contribution in [1.82, 2.24) is 20.1 Å². The summed E-state index contributed by atoms with van der Waals surface area (Å²) < 4.78 is 7.38. The molecule has 2 aromatic rings. The Kier molecular flexibility index (Phi) is 4.74. The highest BCUT2D eigenvalue weighted by molar-refractivity contribution is 5.35. The van der Waals surface area contributed by atoms with Crippen LogP contribution in [0.4, 0.5) is 0 Å². The maximum Gasteiger partial charge on any atom is 0.137 e. The molecule has 2 heterocycles. The molecule has 2 aromatic heterocycles. The highest BCUT2D eigenvalue weighted by atomic mass is 16.5. The van der Waals surface area contributed by atoms with Crippen LogP contribution in [0.5, 0.6) is 5.75 Å². The van der Waals surface area contributed by atoms with Crippen molar-refractivity contribution in [3.05, 3.63) is 41.5 Å². The van der Waals surface area contributed by atoms with Crippen LogP contribution in [0.2, 0.25) is 0 Å². The normalized spacial score (nSPS) is 12.4. The third-order valence-electron chi connectivity index (χ3n) is 3.15. The fourth-order valence-corrected chi connectivity index (χ4v) is 2.35. The van der Waals surface area contributed by atoms with Gasteiger partial charge in [0.15, 0.2) is 0 Å². The van der Waals surface area contributed by atoms with Gasteiger partial charge in [-0.2, -0.15) is 5.10 Å². The second kappa shape index (κ2) is 6.52. The molecular formula is C15H22N4O. The third-order valence-corrected chi connectivity index (χ3v) is 3.15. The number of aromatic nitrogens is 3. The van der Waals surface area contributed by atoms with E-state index in [1.807, 2.05) is 37.8 Å². The number of nitrogens with zero attached hydrogens (tertiary/aromatic N) is 3. The second-order valence-corrected chi connectivity index (χ2v) is 4.72. The number of hydrogen-bond donors (Lipinski definition) is 1. The Morgan fingerprint density at radius 2 is 2.15 bits per heavy atom. The largest absolute Gasteiger partial charge is 0.492 e. The summed E-state index contributed by atoms with van der Waals surface area (Å²) in [5.74, 6) is 0.800. The first-order chi connectivity index (χ1) is 9.65. The Labute approximate surface area is 120 Å². The van der Waals surface area contributed by atoms with E-state index >= 15 is 0 Å². The van der Waals surface area contributed by atoms with E-state index in [0.29, 0.717) is 6.61 Å². The lowest BCUT2D eigenvalue weighted by molar-refractivity contribution is 0.338. The lowest BCUT2D eigenvalue weighted by Gasteiger charge is -2.18. The van der Waals surface area contributed by atoms with E-state index in [4.69, 9.17) is 4.74 Å². The summed E-state index contributed by atoms with van der Waals surface area (Å²) in [5, 5.41) is 7.91. The first-order valence-electron chi connectivity index (χ1n) is 6.97. The van der Waals surface area contributed by atoms with Gasteiger partial charge in [0.1, 0.15) is 5.75 Å². The fraction of sp³-hybridized carbons (Fsp3) is 0.467. The summed E-state index contributed by atoms with van der Waals surface area (Å²) in [4.78, 5) is 4.28. The number of rotatable bonds is 6. The van der Waals surface area contributed by atoms with E-state index in [9.17, 15) is 0 Å². The van der Waals surface area contributed by atoms with Crippen LogP contribution >= 0.6 is 0 Å². The van der Waals surface area contributed by atoms with Crippen molar-refractivity contribution >= 4 is 0 Å². The van der Waals surface area contributed by atoms with Gasteiger partial charge in [0.05, 0.1) is 24.5 Å². The molecule has 0 aliphatic heterocycles. The Hall–Kier alpha value is -1.88. The van der Waals surface area contributed by atoms with Gasteiger partial charge in [-0.25, -0.2) is 0 Å². The van der Waals surface area contributed by atoms with Gasteiger partial charge in [0.25, 0.3) is 0 Å². The van der Waals surface area contributed by atoms with E-state index in [-0.39, 0.29) is 6.04 Å². The topological polar surface area (TPSA) is 52.0 Å². The minimum absolute atomic E-state index is 0.0848. The summed E-state index contributed by atoms with van der Waals surface area (Å²) >= 11 is 0. The van der Waals surface area contributed by atoms with Crippen molar-refractivity contribution in [2.45, 2.75) is 26.8 Å². The van der Waals surface area contributed by atoms with Gasteiger partial charge in [-0.1, -0.05) is 6.92 Å².